The van der Waals surface area contributed by atoms with Crippen LogP contribution in [-0.4, -0.2) is 77.7 Å². The monoisotopic (exact) mass is 623 g/mol. The molecular formula is C35H45N9O2. The molecule has 3 aromatic heterocycles. The minimum absolute atomic E-state index is 0.0140. The maximum atomic E-state index is 13.3. The molecule has 2 aliphatic rings. The maximum Gasteiger partial charge on any atom is 0.240 e. The molecule has 4 aromatic rings. The largest absolute Gasteiger partial charge is 0.340 e. The Balaban J connectivity index is 1.12. The molecule has 3 N–H and O–H groups in total. The first-order chi connectivity index (χ1) is 22.2. The van der Waals surface area contributed by atoms with E-state index in [9.17, 15) is 9.59 Å². The normalized spacial score (nSPS) is 19.0. The molecule has 0 aliphatic carbocycles. The second kappa shape index (κ2) is 13.5. The van der Waals surface area contributed by atoms with Crippen molar-refractivity contribution in [2.75, 3.05) is 20.1 Å². The van der Waals surface area contributed by atoms with E-state index in [1.165, 1.54) is 0 Å². The summed E-state index contributed by atoms with van der Waals surface area (Å²) >= 11 is 0. The number of nitrogens with one attached hydrogen (secondary N) is 3. The summed E-state index contributed by atoms with van der Waals surface area (Å²) in [5, 5.41) is 3.18. The summed E-state index contributed by atoms with van der Waals surface area (Å²) in [6, 6.07) is 7.82. The predicted molar refractivity (Wildman–Crippen MR) is 177 cm³/mol. The Morgan fingerprint density at radius 3 is 1.89 bits per heavy atom. The van der Waals surface area contributed by atoms with Crippen LogP contribution in [0.5, 0.6) is 0 Å². The van der Waals surface area contributed by atoms with E-state index in [0.717, 1.165) is 78.5 Å². The van der Waals surface area contributed by atoms with Gasteiger partial charge in [0.15, 0.2) is 5.82 Å². The Kier molecular flexibility index (Phi) is 9.30. The average Bonchev–Trinajstić information content (AvgIpc) is 3.87. The zero-order chi connectivity index (χ0) is 32.4. The number of rotatable bonds is 10. The summed E-state index contributed by atoms with van der Waals surface area (Å²) in [5.74, 6) is 3.14. The molecule has 242 valence electrons. The lowest BCUT2D eigenvalue weighted by atomic mass is 10.0. The second-order valence-electron chi connectivity index (χ2n) is 13.3. The number of hydrogen-bond acceptors (Lipinski definition) is 7. The number of carbonyl (C=O) groups excluding carboxylic acids is 2. The number of benzene rings is 1. The van der Waals surface area contributed by atoms with Crippen LogP contribution in [0, 0.1) is 11.8 Å². The fourth-order valence-electron chi connectivity index (χ4n) is 6.77. The van der Waals surface area contributed by atoms with E-state index in [-0.39, 0.29) is 35.9 Å². The van der Waals surface area contributed by atoms with Crippen LogP contribution in [0.25, 0.3) is 33.9 Å². The Morgan fingerprint density at radius 2 is 1.33 bits per heavy atom. The van der Waals surface area contributed by atoms with Crippen LogP contribution in [0.3, 0.4) is 0 Å². The summed E-state index contributed by atoms with van der Waals surface area (Å²) in [5.41, 5.74) is 4.50. The number of aromatic amines is 2. The first-order valence-corrected chi connectivity index (χ1v) is 16.5. The second-order valence-corrected chi connectivity index (χ2v) is 13.3. The van der Waals surface area contributed by atoms with Gasteiger partial charge in [0.2, 0.25) is 11.8 Å². The number of amides is 2. The van der Waals surface area contributed by atoms with Crippen LogP contribution in [0.1, 0.15) is 83.5 Å². The summed E-state index contributed by atoms with van der Waals surface area (Å²) in [4.78, 5) is 55.5. The van der Waals surface area contributed by atoms with Gasteiger partial charge in [-0.3, -0.25) is 9.59 Å². The number of likely N-dealkylation sites (N-methyl/N-ethyl adjacent to an activating group) is 1. The number of nitrogens with zero attached hydrogens (tertiary/aromatic N) is 6. The molecule has 0 saturated carbocycles. The smallest absolute Gasteiger partial charge is 0.240 e. The van der Waals surface area contributed by atoms with Gasteiger partial charge in [-0.25, -0.2) is 19.9 Å². The number of aromatic nitrogens is 6. The van der Waals surface area contributed by atoms with E-state index < -0.39 is 0 Å². The highest BCUT2D eigenvalue weighted by Gasteiger charge is 2.36. The summed E-state index contributed by atoms with van der Waals surface area (Å²) in [6.07, 6.45) is 11.6. The van der Waals surface area contributed by atoms with Crippen LogP contribution in [0.15, 0.2) is 49.1 Å². The van der Waals surface area contributed by atoms with Crippen molar-refractivity contribution in [3.8, 4) is 33.9 Å². The molecule has 0 bridgehead atoms. The lowest BCUT2D eigenvalue weighted by Crippen LogP contribution is -2.47. The Labute approximate surface area is 270 Å². The molecule has 11 heteroatoms. The Hall–Kier alpha value is -4.38. The van der Waals surface area contributed by atoms with Gasteiger partial charge in [-0.1, -0.05) is 52.0 Å². The van der Waals surface area contributed by atoms with E-state index in [2.05, 4.69) is 62.9 Å². The van der Waals surface area contributed by atoms with Crippen molar-refractivity contribution in [3.63, 3.8) is 0 Å². The molecule has 6 rings (SSSR count). The lowest BCUT2D eigenvalue weighted by molar-refractivity contribution is -0.135. The standard InChI is InChI=1S/C35H45N9O2/c1-21(2)16-30(45)43-14-6-8-28(43)33-40-20-27(42-33)25-17-37-32(38-18-25)24-12-10-23(11-13-24)26-19-39-34(41-26)29-9-7-15-44(29)35(46)31(36-5)22(3)4/h10-13,17-22,28-29,31,36H,6-9,14-16H2,1-5H3,(H,39,41)(H,40,42)/t28-,29-,31?/m0/s1. The fourth-order valence-corrected chi connectivity index (χ4v) is 6.77. The molecule has 0 spiro atoms. The number of hydrogen-bond donors (Lipinski definition) is 3. The van der Waals surface area contributed by atoms with E-state index in [1.807, 2.05) is 47.3 Å². The zero-order valence-electron chi connectivity index (χ0n) is 27.5. The van der Waals surface area contributed by atoms with Crippen molar-refractivity contribution in [1.82, 2.24) is 45.0 Å². The number of imidazole rings is 2. The van der Waals surface area contributed by atoms with Crippen molar-refractivity contribution < 1.29 is 9.59 Å². The number of H-pyrrole nitrogens is 2. The minimum Gasteiger partial charge on any atom is -0.340 e. The van der Waals surface area contributed by atoms with Gasteiger partial charge in [-0.2, -0.15) is 0 Å². The third-order valence-electron chi connectivity index (χ3n) is 9.17. The third-order valence-corrected chi connectivity index (χ3v) is 9.17. The molecule has 5 heterocycles. The van der Waals surface area contributed by atoms with E-state index in [4.69, 9.17) is 0 Å². The molecule has 1 aromatic carbocycles. The molecule has 2 amide bonds. The zero-order valence-corrected chi connectivity index (χ0v) is 27.5. The topological polar surface area (TPSA) is 136 Å². The molecule has 2 aliphatic heterocycles. The van der Waals surface area contributed by atoms with Crippen molar-refractivity contribution in [1.29, 1.82) is 0 Å². The highest BCUT2D eigenvalue weighted by molar-refractivity contribution is 5.83. The van der Waals surface area contributed by atoms with Crippen LogP contribution in [0.2, 0.25) is 0 Å². The molecule has 0 radical (unpaired) electrons. The van der Waals surface area contributed by atoms with Gasteiger partial charge in [-0.05, 0) is 50.1 Å². The van der Waals surface area contributed by atoms with E-state index in [1.54, 1.807) is 18.6 Å². The molecule has 1 unspecified atom stereocenters. The molecule has 2 saturated heterocycles. The first-order valence-electron chi connectivity index (χ1n) is 16.5. The van der Waals surface area contributed by atoms with Crippen LogP contribution >= 0.6 is 0 Å². The van der Waals surface area contributed by atoms with Gasteiger partial charge < -0.3 is 25.1 Å². The summed E-state index contributed by atoms with van der Waals surface area (Å²) in [7, 11) is 1.85. The predicted octanol–water partition coefficient (Wildman–Crippen LogP) is 5.54. The number of likely N-dealkylation sites (tertiary alicyclic amines) is 2. The Bertz CT molecular complexity index is 1640. The average molecular weight is 624 g/mol. The van der Waals surface area contributed by atoms with Crippen LogP contribution < -0.4 is 5.32 Å². The highest BCUT2D eigenvalue weighted by atomic mass is 16.2. The molecule has 3 atom stereocenters. The quantitative estimate of drug-likeness (QED) is 0.211. The maximum absolute atomic E-state index is 13.3. The molecule has 46 heavy (non-hydrogen) atoms. The first kappa shape index (κ1) is 31.6. The van der Waals surface area contributed by atoms with Crippen molar-refractivity contribution in [3.05, 3.63) is 60.7 Å². The van der Waals surface area contributed by atoms with E-state index in [0.29, 0.717) is 18.2 Å². The van der Waals surface area contributed by atoms with Crippen LogP contribution in [-0.2, 0) is 9.59 Å². The van der Waals surface area contributed by atoms with Crippen molar-refractivity contribution >= 4 is 11.8 Å². The van der Waals surface area contributed by atoms with Crippen molar-refractivity contribution in [2.24, 2.45) is 11.8 Å². The minimum atomic E-state index is -0.204. The van der Waals surface area contributed by atoms with Gasteiger partial charge in [0, 0.05) is 43.0 Å². The van der Waals surface area contributed by atoms with Crippen molar-refractivity contribution in [2.45, 2.75) is 77.9 Å². The van der Waals surface area contributed by atoms with E-state index >= 15 is 0 Å². The fraction of sp³-hybridized carbons (Fsp3) is 0.486. The van der Waals surface area contributed by atoms with Gasteiger partial charge in [0.05, 0.1) is 41.9 Å². The highest BCUT2D eigenvalue weighted by Crippen LogP contribution is 2.34. The van der Waals surface area contributed by atoms with Gasteiger partial charge in [0.1, 0.15) is 11.6 Å². The summed E-state index contributed by atoms with van der Waals surface area (Å²) in [6.45, 7) is 9.81. The van der Waals surface area contributed by atoms with Gasteiger partial charge in [-0.15, -0.1) is 0 Å². The van der Waals surface area contributed by atoms with Crippen LogP contribution in [0.4, 0.5) is 0 Å². The third kappa shape index (κ3) is 6.46. The molecular weight excluding hydrogens is 578 g/mol. The molecule has 11 nitrogen and oxygen atoms in total. The Morgan fingerprint density at radius 1 is 0.783 bits per heavy atom. The number of carbonyl (C=O) groups is 2. The summed E-state index contributed by atoms with van der Waals surface area (Å²) < 4.78 is 0. The lowest BCUT2D eigenvalue weighted by Gasteiger charge is -2.29. The van der Waals surface area contributed by atoms with Gasteiger partial charge >= 0.3 is 0 Å². The SMILES string of the molecule is CNC(C(=O)N1CCC[C@H]1c1ncc(-c2ccc(-c3ncc(-c4cnc([C@@H]5CCCN5C(=O)CC(C)C)[nH]4)cn3)cc2)[nH]1)C(C)C. The van der Waals surface area contributed by atoms with Gasteiger partial charge in [0.25, 0.3) is 0 Å². The molecule has 2 fully saturated rings.